The third-order valence-electron chi connectivity index (χ3n) is 4.78. The molecule has 1 aromatic heterocycles. The molecule has 1 aliphatic heterocycles. The molecule has 0 bridgehead atoms. The van der Waals surface area contributed by atoms with E-state index in [1.807, 2.05) is 30.3 Å². The Kier molecular flexibility index (Phi) is 3.82. The summed E-state index contributed by atoms with van der Waals surface area (Å²) in [6.45, 7) is 4.39. The predicted octanol–water partition coefficient (Wildman–Crippen LogP) is 3.24. The van der Waals surface area contributed by atoms with Gasteiger partial charge in [-0.05, 0) is 31.3 Å². The SMILES string of the molecule is CN1CCN(c2ccc(-c3cc(N)c4ccccc4n3)cc2)CC1. The van der Waals surface area contributed by atoms with Gasteiger partial charge in [0.2, 0.25) is 0 Å². The number of rotatable bonds is 2. The maximum Gasteiger partial charge on any atom is 0.0730 e. The van der Waals surface area contributed by atoms with Crippen LogP contribution in [-0.4, -0.2) is 43.1 Å². The van der Waals surface area contributed by atoms with Crippen LogP contribution >= 0.6 is 0 Å². The summed E-state index contributed by atoms with van der Waals surface area (Å²) in [5.74, 6) is 0. The Hall–Kier alpha value is -2.59. The first-order valence-electron chi connectivity index (χ1n) is 8.40. The van der Waals surface area contributed by atoms with Gasteiger partial charge in [0.25, 0.3) is 0 Å². The van der Waals surface area contributed by atoms with Crippen LogP contribution in [-0.2, 0) is 0 Å². The minimum absolute atomic E-state index is 0.777. The van der Waals surface area contributed by atoms with E-state index in [4.69, 9.17) is 10.7 Å². The second kappa shape index (κ2) is 6.13. The molecule has 0 aliphatic carbocycles. The van der Waals surface area contributed by atoms with E-state index in [1.54, 1.807) is 0 Å². The first kappa shape index (κ1) is 15.0. The summed E-state index contributed by atoms with van der Waals surface area (Å²) in [6.07, 6.45) is 0. The van der Waals surface area contributed by atoms with Crippen molar-refractivity contribution in [3.8, 4) is 11.3 Å². The summed E-state index contributed by atoms with van der Waals surface area (Å²) in [4.78, 5) is 9.56. The first-order valence-corrected chi connectivity index (χ1v) is 8.40. The van der Waals surface area contributed by atoms with Gasteiger partial charge in [-0.25, -0.2) is 4.98 Å². The van der Waals surface area contributed by atoms with Gasteiger partial charge in [-0.1, -0.05) is 30.3 Å². The van der Waals surface area contributed by atoms with Gasteiger partial charge in [-0.3, -0.25) is 0 Å². The summed E-state index contributed by atoms with van der Waals surface area (Å²) in [5, 5.41) is 1.01. The minimum atomic E-state index is 0.777. The fourth-order valence-corrected chi connectivity index (χ4v) is 3.26. The van der Waals surface area contributed by atoms with E-state index in [0.717, 1.165) is 54.0 Å². The molecule has 0 amide bonds. The number of nitrogen functional groups attached to an aromatic ring is 1. The van der Waals surface area contributed by atoms with Gasteiger partial charge in [0.05, 0.1) is 11.2 Å². The van der Waals surface area contributed by atoms with Crippen molar-refractivity contribution < 1.29 is 0 Å². The highest BCUT2D eigenvalue weighted by Gasteiger charge is 2.14. The molecule has 2 N–H and O–H groups in total. The first-order chi connectivity index (χ1) is 11.7. The Morgan fingerprint density at radius 3 is 2.38 bits per heavy atom. The summed E-state index contributed by atoms with van der Waals surface area (Å²) in [7, 11) is 2.18. The second-order valence-electron chi connectivity index (χ2n) is 6.45. The molecule has 0 unspecified atom stereocenters. The maximum absolute atomic E-state index is 6.20. The van der Waals surface area contributed by atoms with Gasteiger partial charge < -0.3 is 15.5 Å². The predicted molar refractivity (Wildman–Crippen MR) is 101 cm³/mol. The van der Waals surface area contributed by atoms with Crippen molar-refractivity contribution in [2.45, 2.75) is 0 Å². The Balaban J connectivity index is 1.63. The smallest absolute Gasteiger partial charge is 0.0730 e. The van der Waals surface area contributed by atoms with Crippen LogP contribution in [0.3, 0.4) is 0 Å². The van der Waals surface area contributed by atoms with E-state index in [0.29, 0.717) is 0 Å². The molecule has 2 aromatic carbocycles. The summed E-state index contributed by atoms with van der Waals surface area (Å²) in [6, 6.07) is 18.6. The van der Waals surface area contributed by atoms with Crippen LogP contribution in [0, 0.1) is 0 Å². The number of hydrogen-bond acceptors (Lipinski definition) is 4. The molecule has 1 aliphatic rings. The molecule has 122 valence electrons. The van der Waals surface area contributed by atoms with Crippen molar-refractivity contribution >= 4 is 22.3 Å². The van der Waals surface area contributed by atoms with Crippen molar-refractivity contribution in [1.29, 1.82) is 0 Å². The molecule has 24 heavy (non-hydrogen) atoms. The average Bonchev–Trinajstić information content (AvgIpc) is 2.62. The zero-order valence-electron chi connectivity index (χ0n) is 13.9. The number of likely N-dealkylation sites (N-methyl/N-ethyl adjacent to an activating group) is 1. The van der Waals surface area contributed by atoms with Gasteiger partial charge in [-0.15, -0.1) is 0 Å². The number of aromatic nitrogens is 1. The molecule has 0 atom stereocenters. The van der Waals surface area contributed by atoms with Crippen LogP contribution < -0.4 is 10.6 Å². The molecule has 4 nitrogen and oxygen atoms in total. The fourth-order valence-electron chi connectivity index (χ4n) is 3.26. The highest BCUT2D eigenvalue weighted by atomic mass is 15.2. The summed E-state index contributed by atoms with van der Waals surface area (Å²) < 4.78 is 0. The van der Waals surface area contributed by atoms with Crippen LogP contribution in [0.2, 0.25) is 0 Å². The molecule has 0 radical (unpaired) electrons. The normalized spacial score (nSPS) is 15.8. The number of pyridine rings is 1. The van der Waals surface area contributed by atoms with Gasteiger partial charge in [0, 0.05) is 48.5 Å². The van der Waals surface area contributed by atoms with Gasteiger partial charge in [0.15, 0.2) is 0 Å². The molecule has 4 rings (SSSR count). The number of benzene rings is 2. The number of nitrogens with zero attached hydrogens (tertiary/aromatic N) is 3. The number of piperazine rings is 1. The van der Waals surface area contributed by atoms with Gasteiger partial charge in [0.1, 0.15) is 0 Å². The monoisotopic (exact) mass is 318 g/mol. The molecule has 1 fully saturated rings. The lowest BCUT2D eigenvalue weighted by Crippen LogP contribution is -2.44. The third kappa shape index (κ3) is 2.81. The number of nitrogens with two attached hydrogens (primary N) is 1. The van der Waals surface area contributed by atoms with Crippen LogP contribution in [0.15, 0.2) is 54.6 Å². The number of para-hydroxylation sites is 1. The quantitative estimate of drug-likeness (QED) is 0.788. The largest absolute Gasteiger partial charge is 0.398 e. The number of hydrogen-bond donors (Lipinski definition) is 1. The van der Waals surface area contributed by atoms with Crippen LogP contribution in [0.1, 0.15) is 0 Å². The third-order valence-corrected chi connectivity index (χ3v) is 4.78. The zero-order valence-corrected chi connectivity index (χ0v) is 13.9. The van der Waals surface area contributed by atoms with Crippen LogP contribution in [0.25, 0.3) is 22.2 Å². The Labute approximate surface area is 142 Å². The highest BCUT2D eigenvalue weighted by molar-refractivity contribution is 5.92. The standard InChI is InChI=1S/C20H22N4/c1-23-10-12-24(13-11-23)16-8-6-15(7-9-16)20-14-18(21)17-4-2-3-5-19(17)22-20/h2-9,14H,10-13H2,1H3,(H2,21,22). The van der Waals surface area contributed by atoms with E-state index < -0.39 is 0 Å². The van der Waals surface area contributed by atoms with Crippen molar-refractivity contribution in [2.75, 3.05) is 43.9 Å². The molecular weight excluding hydrogens is 296 g/mol. The van der Waals surface area contributed by atoms with Crippen molar-refractivity contribution in [1.82, 2.24) is 9.88 Å². The van der Waals surface area contributed by atoms with Crippen LogP contribution in [0.5, 0.6) is 0 Å². The van der Waals surface area contributed by atoms with Crippen LogP contribution in [0.4, 0.5) is 11.4 Å². The van der Waals surface area contributed by atoms with E-state index >= 15 is 0 Å². The second-order valence-corrected chi connectivity index (χ2v) is 6.45. The fraction of sp³-hybridized carbons (Fsp3) is 0.250. The number of fused-ring (bicyclic) bond motifs is 1. The highest BCUT2D eigenvalue weighted by Crippen LogP contribution is 2.28. The van der Waals surface area contributed by atoms with Gasteiger partial charge >= 0.3 is 0 Å². The molecule has 2 heterocycles. The Morgan fingerprint density at radius 2 is 1.62 bits per heavy atom. The van der Waals surface area contributed by atoms with E-state index in [1.165, 1.54) is 5.69 Å². The lowest BCUT2D eigenvalue weighted by molar-refractivity contribution is 0.313. The topological polar surface area (TPSA) is 45.4 Å². The maximum atomic E-state index is 6.20. The summed E-state index contributed by atoms with van der Waals surface area (Å²) in [5.41, 5.74) is 11.2. The van der Waals surface area contributed by atoms with Crippen molar-refractivity contribution in [2.24, 2.45) is 0 Å². The Morgan fingerprint density at radius 1 is 0.917 bits per heavy atom. The lowest BCUT2D eigenvalue weighted by Gasteiger charge is -2.34. The summed E-state index contributed by atoms with van der Waals surface area (Å²) >= 11 is 0. The molecule has 0 saturated carbocycles. The lowest BCUT2D eigenvalue weighted by atomic mass is 10.1. The zero-order chi connectivity index (χ0) is 16.5. The van der Waals surface area contributed by atoms with Gasteiger partial charge in [-0.2, -0.15) is 0 Å². The molecule has 0 spiro atoms. The molecule has 4 heteroatoms. The molecule has 3 aromatic rings. The molecular formula is C20H22N4. The molecule has 1 saturated heterocycles. The van der Waals surface area contributed by atoms with Crippen molar-refractivity contribution in [3.63, 3.8) is 0 Å². The minimum Gasteiger partial charge on any atom is -0.398 e. The average molecular weight is 318 g/mol. The van der Waals surface area contributed by atoms with E-state index in [2.05, 4.69) is 41.1 Å². The Bertz CT molecular complexity index is 849. The van der Waals surface area contributed by atoms with E-state index in [9.17, 15) is 0 Å². The van der Waals surface area contributed by atoms with E-state index in [-0.39, 0.29) is 0 Å². The number of anilines is 2. The van der Waals surface area contributed by atoms with Crippen molar-refractivity contribution in [3.05, 3.63) is 54.6 Å².